The maximum absolute atomic E-state index is 12.6. The standard InChI is InChI=1S/C11H13ClF2N2O4S/c12-21(18,19)8-5-9(16(6-8)7-10(13)14)11(17)15-1-3-20-4-2-15/h5-6,10H,1-4,7H2. The van der Waals surface area contributed by atoms with E-state index in [1.165, 1.54) is 4.90 Å². The highest BCUT2D eigenvalue weighted by Gasteiger charge is 2.26. The van der Waals surface area contributed by atoms with E-state index in [1.54, 1.807) is 0 Å². The Balaban J connectivity index is 2.35. The lowest BCUT2D eigenvalue weighted by Gasteiger charge is -2.27. The monoisotopic (exact) mass is 342 g/mol. The van der Waals surface area contributed by atoms with Crippen LogP contribution >= 0.6 is 10.7 Å². The Morgan fingerprint density at radius 2 is 2.00 bits per heavy atom. The molecule has 118 valence electrons. The summed E-state index contributed by atoms with van der Waals surface area (Å²) in [5, 5.41) is 0. The molecule has 21 heavy (non-hydrogen) atoms. The lowest BCUT2D eigenvalue weighted by molar-refractivity contribution is 0.0292. The van der Waals surface area contributed by atoms with Crippen LogP contribution in [-0.4, -0.2) is 56.5 Å². The average Bonchev–Trinajstić information content (AvgIpc) is 2.82. The summed E-state index contributed by atoms with van der Waals surface area (Å²) in [6.07, 6.45) is -1.78. The summed E-state index contributed by atoms with van der Waals surface area (Å²) in [5.74, 6) is -0.523. The van der Waals surface area contributed by atoms with Crippen LogP contribution in [0.4, 0.5) is 8.78 Å². The van der Waals surface area contributed by atoms with Gasteiger partial charge in [-0.05, 0) is 6.07 Å². The van der Waals surface area contributed by atoms with Crippen LogP contribution in [0.1, 0.15) is 10.5 Å². The summed E-state index contributed by atoms with van der Waals surface area (Å²) in [4.78, 5) is 13.4. The van der Waals surface area contributed by atoms with Crippen LogP contribution in [0.15, 0.2) is 17.2 Å². The Bertz CT molecular complexity index is 626. The molecule has 1 amide bonds. The van der Waals surface area contributed by atoms with E-state index >= 15 is 0 Å². The molecule has 0 N–H and O–H groups in total. The minimum absolute atomic E-state index is 0.128. The number of morpholine rings is 1. The van der Waals surface area contributed by atoms with Crippen LogP contribution in [0.3, 0.4) is 0 Å². The fraction of sp³-hybridized carbons (Fsp3) is 0.545. The van der Waals surface area contributed by atoms with Crippen molar-refractivity contribution in [3.63, 3.8) is 0 Å². The van der Waals surface area contributed by atoms with Gasteiger partial charge in [-0.1, -0.05) is 0 Å². The van der Waals surface area contributed by atoms with Gasteiger partial charge in [-0.2, -0.15) is 0 Å². The van der Waals surface area contributed by atoms with Crippen molar-refractivity contribution < 1.29 is 26.7 Å². The second kappa shape index (κ2) is 6.29. The van der Waals surface area contributed by atoms with E-state index in [4.69, 9.17) is 15.4 Å². The number of hydrogen-bond acceptors (Lipinski definition) is 4. The normalized spacial score (nSPS) is 16.5. The van der Waals surface area contributed by atoms with Crippen molar-refractivity contribution in [3.05, 3.63) is 18.0 Å². The molecular weight excluding hydrogens is 330 g/mol. The third-order valence-corrected chi connectivity index (χ3v) is 4.33. The molecule has 1 aliphatic rings. The van der Waals surface area contributed by atoms with Crippen LogP contribution in [0.25, 0.3) is 0 Å². The third kappa shape index (κ3) is 3.92. The number of aromatic nitrogens is 1. The van der Waals surface area contributed by atoms with E-state index in [-0.39, 0.29) is 10.6 Å². The molecule has 0 atom stereocenters. The zero-order valence-corrected chi connectivity index (χ0v) is 12.4. The van der Waals surface area contributed by atoms with Crippen molar-refractivity contribution >= 4 is 25.6 Å². The fourth-order valence-corrected chi connectivity index (χ4v) is 2.78. The molecule has 0 aliphatic carbocycles. The molecule has 1 fully saturated rings. The average molecular weight is 343 g/mol. The SMILES string of the molecule is O=C(c1cc(S(=O)(=O)Cl)cn1CC(F)F)N1CCOCC1. The first-order valence-electron chi connectivity index (χ1n) is 6.09. The van der Waals surface area contributed by atoms with Crippen molar-refractivity contribution in [2.45, 2.75) is 17.9 Å². The molecule has 1 saturated heterocycles. The topological polar surface area (TPSA) is 68.6 Å². The number of carbonyl (C=O) groups is 1. The molecule has 6 nitrogen and oxygen atoms in total. The zero-order valence-electron chi connectivity index (χ0n) is 10.8. The molecule has 10 heteroatoms. The number of nitrogens with zero attached hydrogens (tertiary/aromatic N) is 2. The first kappa shape index (κ1) is 16.2. The Labute approximate surface area is 124 Å². The fourth-order valence-electron chi connectivity index (χ4n) is 2.02. The molecule has 0 spiro atoms. The van der Waals surface area contributed by atoms with Crippen LogP contribution in [0, 0.1) is 0 Å². The van der Waals surface area contributed by atoms with Gasteiger partial charge in [0.25, 0.3) is 21.4 Å². The smallest absolute Gasteiger partial charge is 0.270 e. The van der Waals surface area contributed by atoms with Crippen molar-refractivity contribution in [1.29, 1.82) is 0 Å². The van der Waals surface area contributed by atoms with Crippen LogP contribution < -0.4 is 0 Å². The van der Waals surface area contributed by atoms with Gasteiger partial charge in [-0.25, -0.2) is 17.2 Å². The Hall–Kier alpha value is -1.19. The molecule has 1 aliphatic heterocycles. The van der Waals surface area contributed by atoms with Gasteiger partial charge in [-0.3, -0.25) is 4.79 Å². The maximum atomic E-state index is 12.6. The summed E-state index contributed by atoms with van der Waals surface area (Å²) in [6, 6.07) is 1.02. The Morgan fingerprint density at radius 3 is 2.52 bits per heavy atom. The lowest BCUT2D eigenvalue weighted by atomic mass is 10.3. The largest absolute Gasteiger partial charge is 0.378 e. The van der Waals surface area contributed by atoms with Crippen molar-refractivity contribution in [2.75, 3.05) is 26.3 Å². The zero-order chi connectivity index (χ0) is 15.6. The number of halogens is 3. The summed E-state index contributed by atoms with van der Waals surface area (Å²) in [5.41, 5.74) is -0.128. The van der Waals surface area contributed by atoms with Gasteiger partial charge < -0.3 is 14.2 Å². The quantitative estimate of drug-likeness (QED) is 0.770. The molecule has 1 aromatic heterocycles. The number of hydrogen-bond donors (Lipinski definition) is 0. The summed E-state index contributed by atoms with van der Waals surface area (Å²) < 4.78 is 53.7. The molecule has 0 unspecified atom stereocenters. The van der Waals surface area contributed by atoms with E-state index < -0.39 is 27.9 Å². The second-order valence-electron chi connectivity index (χ2n) is 4.45. The predicted octanol–water partition coefficient (Wildman–Crippen LogP) is 1.15. The van der Waals surface area contributed by atoms with E-state index in [9.17, 15) is 22.0 Å². The summed E-state index contributed by atoms with van der Waals surface area (Å²) in [7, 11) is 1.10. The number of ether oxygens (including phenoxy) is 1. The van der Waals surface area contributed by atoms with Crippen molar-refractivity contribution in [3.8, 4) is 0 Å². The molecule has 0 saturated carbocycles. The summed E-state index contributed by atoms with van der Waals surface area (Å²) in [6.45, 7) is 0.561. The second-order valence-corrected chi connectivity index (χ2v) is 7.01. The number of rotatable bonds is 4. The molecule has 2 rings (SSSR count). The maximum Gasteiger partial charge on any atom is 0.270 e. The van der Waals surface area contributed by atoms with E-state index in [0.29, 0.717) is 26.3 Å². The third-order valence-electron chi connectivity index (χ3n) is 3.01. The molecule has 0 radical (unpaired) electrons. The molecule has 1 aromatic rings. The minimum Gasteiger partial charge on any atom is -0.378 e. The van der Waals surface area contributed by atoms with Crippen LogP contribution in [0.5, 0.6) is 0 Å². The highest BCUT2D eigenvalue weighted by Crippen LogP contribution is 2.21. The van der Waals surface area contributed by atoms with Gasteiger partial charge in [0.15, 0.2) is 0 Å². The predicted molar refractivity (Wildman–Crippen MR) is 70.2 cm³/mol. The number of carbonyl (C=O) groups excluding carboxylic acids is 1. The van der Waals surface area contributed by atoms with E-state index in [1.807, 2.05) is 0 Å². The molecule has 0 bridgehead atoms. The van der Waals surface area contributed by atoms with Crippen LogP contribution in [0.2, 0.25) is 0 Å². The van der Waals surface area contributed by atoms with E-state index in [0.717, 1.165) is 16.8 Å². The highest BCUT2D eigenvalue weighted by molar-refractivity contribution is 8.13. The first-order chi connectivity index (χ1) is 9.79. The molecule has 0 aromatic carbocycles. The Morgan fingerprint density at radius 1 is 1.38 bits per heavy atom. The van der Waals surface area contributed by atoms with Gasteiger partial charge in [-0.15, -0.1) is 0 Å². The van der Waals surface area contributed by atoms with Gasteiger partial charge in [0.2, 0.25) is 0 Å². The van der Waals surface area contributed by atoms with Gasteiger partial charge in [0.05, 0.1) is 19.8 Å². The highest BCUT2D eigenvalue weighted by atomic mass is 35.7. The first-order valence-corrected chi connectivity index (χ1v) is 8.40. The van der Waals surface area contributed by atoms with Crippen molar-refractivity contribution in [2.24, 2.45) is 0 Å². The summed E-state index contributed by atoms with van der Waals surface area (Å²) >= 11 is 0. The van der Waals surface area contributed by atoms with Gasteiger partial charge in [0, 0.05) is 30.0 Å². The number of amides is 1. The lowest BCUT2D eigenvalue weighted by Crippen LogP contribution is -2.41. The van der Waals surface area contributed by atoms with Crippen molar-refractivity contribution in [1.82, 2.24) is 9.47 Å². The molecular formula is C11H13ClF2N2O4S. The van der Waals surface area contributed by atoms with Gasteiger partial charge in [0.1, 0.15) is 10.6 Å². The molecule has 2 heterocycles. The van der Waals surface area contributed by atoms with Gasteiger partial charge >= 0.3 is 0 Å². The van der Waals surface area contributed by atoms with Crippen LogP contribution in [-0.2, 0) is 20.3 Å². The minimum atomic E-state index is -4.09. The number of alkyl halides is 2. The Kier molecular flexibility index (Phi) is 4.84. The van der Waals surface area contributed by atoms with E-state index in [2.05, 4.69) is 0 Å².